The molecule has 4 heteroatoms. The number of anilines is 3. The molecule has 0 spiro atoms. The first-order valence-electron chi connectivity index (χ1n) is 6.79. The lowest BCUT2D eigenvalue weighted by molar-refractivity contribution is 0.223. The van der Waals surface area contributed by atoms with Gasteiger partial charge in [0, 0.05) is 18.3 Å². The molecule has 0 bridgehead atoms. The van der Waals surface area contributed by atoms with Crippen LogP contribution in [0.1, 0.15) is 26.2 Å². The number of nitrogens with one attached hydrogen (secondary N) is 1. The van der Waals surface area contributed by atoms with Crippen LogP contribution in [0.3, 0.4) is 0 Å². The summed E-state index contributed by atoms with van der Waals surface area (Å²) in [6.07, 6.45) is 4.05. The van der Waals surface area contributed by atoms with Gasteiger partial charge in [-0.05, 0) is 51.1 Å². The van der Waals surface area contributed by atoms with E-state index in [1.807, 2.05) is 18.2 Å². The number of rotatable bonds is 4. The Labute approximate surface area is 109 Å². The number of likely N-dealkylation sites (tertiary alicyclic amines) is 1. The van der Waals surface area contributed by atoms with Crippen LogP contribution in [-0.4, -0.2) is 30.6 Å². The molecule has 4 nitrogen and oxygen atoms in total. The Kier molecular flexibility index (Phi) is 4.31. The minimum Gasteiger partial charge on any atom is -0.397 e. The van der Waals surface area contributed by atoms with Crippen molar-refractivity contribution in [3.05, 3.63) is 18.2 Å². The molecule has 1 fully saturated rings. The predicted molar refractivity (Wildman–Crippen MR) is 78.6 cm³/mol. The predicted octanol–water partition coefficient (Wildman–Crippen LogP) is 2.14. The maximum Gasteiger partial charge on any atom is 0.0568 e. The maximum absolute atomic E-state index is 5.81. The largest absolute Gasteiger partial charge is 0.397 e. The molecule has 1 aromatic carbocycles. The highest BCUT2D eigenvalue weighted by Gasteiger charge is 2.13. The molecule has 1 heterocycles. The Hall–Kier alpha value is -1.42. The maximum atomic E-state index is 5.81. The third-order valence-corrected chi connectivity index (χ3v) is 3.48. The smallest absolute Gasteiger partial charge is 0.0568 e. The van der Waals surface area contributed by atoms with Crippen molar-refractivity contribution in [3.63, 3.8) is 0 Å². The second-order valence-corrected chi connectivity index (χ2v) is 5.25. The van der Waals surface area contributed by atoms with Crippen LogP contribution < -0.4 is 16.8 Å². The number of nitrogens with two attached hydrogens (primary N) is 2. The molecule has 1 atom stereocenters. The van der Waals surface area contributed by atoms with E-state index in [9.17, 15) is 0 Å². The van der Waals surface area contributed by atoms with Crippen LogP contribution in [-0.2, 0) is 0 Å². The molecule has 0 radical (unpaired) electrons. The van der Waals surface area contributed by atoms with Gasteiger partial charge in [-0.3, -0.25) is 0 Å². The third kappa shape index (κ3) is 3.53. The summed E-state index contributed by atoms with van der Waals surface area (Å²) >= 11 is 0. The summed E-state index contributed by atoms with van der Waals surface area (Å²) in [7, 11) is 0. The van der Waals surface area contributed by atoms with Crippen molar-refractivity contribution >= 4 is 17.1 Å². The van der Waals surface area contributed by atoms with Gasteiger partial charge in [0.1, 0.15) is 0 Å². The van der Waals surface area contributed by atoms with Gasteiger partial charge < -0.3 is 21.7 Å². The second kappa shape index (κ2) is 5.96. The molecule has 1 aliphatic rings. The summed E-state index contributed by atoms with van der Waals surface area (Å²) in [5.41, 5.74) is 13.8. The normalized spacial score (nSPS) is 18.5. The van der Waals surface area contributed by atoms with E-state index in [1.54, 1.807) is 0 Å². The van der Waals surface area contributed by atoms with Crippen LogP contribution in [0.25, 0.3) is 0 Å². The van der Waals surface area contributed by atoms with Crippen molar-refractivity contribution in [2.24, 2.45) is 0 Å². The van der Waals surface area contributed by atoms with Gasteiger partial charge in [-0.25, -0.2) is 0 Å². The highest BCUT2D eigenvalue weighted by Crippen LogP contribution is 2.20. The van der Waals surface area contributed by atoms with E-state index in [1.165, 1.54) is 32.4 Å². The lowest BCUT2D eigenvalue weighted by atomic mass is 10.1. The van der Waals surface area contributed by atoms with Gasteiger partial charge in [0.2, 0.25) is 0 Å². The van der Waals surface area contributed by atoms with E-state index in [2.05, 4.69) is 17.1 Å². The first-order chi connectivity index (χ1) is 8.65. The molecule has 1 aromatic rings. The summed E-state index contributed by atoms with van der Waals surface area (Å²) in [6.45, 7) is 5.76. The molecule has 1 unspecified atom stereocenters. The lowest BCUT2D eigenvalue weighted by Crippen LogP contribution is -2.38. The van der Waals surface area contributed by atoms with E-state index in [0.717, 1.165) is 12.2 Å². The zero-order chi connectivity index (χ0) is 13.0. The molecule has 0 amide bonds. The van der Waals surface area contributed by atoms with Crippen LogP contribution in [0.5, 0.6) is 0 Å². The highest BCUT2D eigenvalue weighted by molar-refractivity contribution is 5.69. The van der Waals surface area contributed by atoms with Crippen molar-refractivity contribution in [2.75, 3.05) is 36.4 Å². The summed E-state index contributed by atoms with van der Waals surface area (Å²) in [4.78, 5) is 2.53. The first-order valence-corrected chi connectivity index (χ1v) is 6.79. The summed E-state index contributed by atoms with van der Waals surface area (Å²) < 4.78 is 0. The summed E-state index contributed by atoms with van der Waals surface area (Å²) in [5, 5.41) is 3.48. The summed E-state index contributed by atoms with van der Waals surface area (Å²) in [6, 6.07) is 6.16. The van der Waals surface area contributed by atoms with E-state index in [0.29, 0.717) is 17.4 Å². The average molecular weight is 248 g/mol. The van der Waals surface area contributed by atoms with Crippen molar-refractivity contribution < 1.29 is 0 Å². The zero-order valence-electron chi connectivity index (χ0n) is 11.2. The minimum atomic E-state index is 0.422. The molecule has 5 N–H and O–H groups in total. The molecule has 0 aliphatic carbocycles. The number of hydrogen-bond donors (Lipinski definition) is 3. The highest BCUT2D eigenvalue weighted by atomic mass is 15.1. The molecule has 1 saturated heterocycles. The number of hydrogen-bond acceptors (Lipinski definition) is 4. The van der Waals surface area contributed by atoms with Crippen LogP contribution in [0.15, 0.2) is 18.2 Å². The Morgan fingerprint density at radius 3 is 2.56 bits per heavy atom. The molecule has 100 valence electrons. The Bertz CT molecular complexity index is 385. The lowest BCUT2D eigenvalue weighted by Gasteiger charge is -2.29. The summed E-state index contributed by atoms with van der Waals surface area (Å²) in [5.74, 6) is 0. The van der Waals surface area contributed by atoms with Gasteiger partial charge >= 0.3 is 0 Å². The van der Waals surface area contributed by atoms with E-state index < -0.39 is 0 Å². The molecule has 0 aromatic heterocycles. The topological polar surface area (TPSA) is 67.3 Å². The molecule has 18 heavy (non-hydrogen) atoms. The van der Waals surface area contributed by atoms with E-state index in [4.69, 9.17) is 11.5 Å². The fraction of sp³-hybridized carbons (Fsp3) is 0.571. The monoisotopic (exact) mass is 248 g/mol. The van der Waals surface area contributed by atoms with Gasteiger partial charge in [0.25, 0.3) is 0 Å². The van der Waals surface area contributed by atoms with E-state index >= 15 is 0 Å². The fourth-order valence-corrected chi connectivity index (χ4v) is 2.52. The molecule has 1 aliphatic heterocycles. The van der Waals surface area contributed by atoms with Crippen LogP contribution in [0.4, 0.5) is 17.1 Å². The van der Waals surface area contributed by atoms with Crippen LogP contribution >= 0.6 is 0 Å². The van der Waals surface area contributed by atoms with E-state index in [-0.39, 0.29) is 0 Å². The quantitative estimate of drug-likeness (QED) is 0.714. The Balaban J connectivity index is 1.85. The van der Waals surface area contributed by atoms with Crippen LogP contribution in [0.2, 0.25) is 0 Å². The minimum absolute atomic E-state index is 0.422. The third-order valence-electron chi connectivity index (χ3n) is 3.48. The number of benzene rings is 1. The standard InChI is InChI=1S/C14H24N4/c1-11(10-18-7-3-2-4-8-18)17-12-5-6-13(15)14(16)9-12/h5-6,9,11,17H,2-4,7-8,10,15-16H2,1H3. The number of nitrogens with zero attached hydrogens (tertiary/aromatic N) is 1. The molecular formula is C14H24N4. The van der Waals surface area contributed by atoms with Gasteiger partial charge in [-0.2, -0.15) is 0 Å². The van der Waals surface area contributed by atoms with Gasteiger partial charge in [-0.1, -0.05) is 6.42 Å². The van der Waals surface area contributed by atoms with Crippen molar-refractivity contribution in [3.8, 4) is 0 Å². The van der Waals surface area contributed by atoms with Crippen molar-refractivity contribution in [2.45, 2.75) is 32.2 Å². The second-order valence-electron chi connectivity index (χ2n) is 5.25. The molecular weight excluding hydrogens is 224 g/mol. The fourth-order valence-electron chi connectivity index (χ4n) is 2.52. The zero-order valence-corrected chi connectivity index (χ0v) is 11.2. The van der Waals surface area contributed by atoms with Gasteiger partial charge in [-0.15, -0.1) is 0 Å². The Morgan fingerprint density at radius 2 is 1.89 bits per heavy atom. The first kappa shape index (κ1) is 13.0. The number of piperidine rings is 1. The van der Waals surface area contributed by atoms with Crippen molar-refractivity contribution in [1.82, 2.24) is 4.90 Å². The van der Waals surface area contributed by atoms with Crippen molar-refractivity contribution in [1.29, 1.82) is 0 Å². The number of nitrogen functional groups attached to an aromatic ring is 2. The molecule has 0 saturated carbocycles. The van der Waals surface area contributed by atoms with Crippen LogP contribution in [0, 0.1) is 0 Å². The SMILES string of the molecule is CC(CN1CCCCC1)Nc1ccc(N)c(N)c1. The Morgan fingerprint density at radius 1 is 1.17 bits per heavy atom. The van der Waals surface area contributed by atoms with Gasteiger partial charge in [0.05, 0.1) is 11.4 Å². The average Bonchev–Trinajstić information content (AvgIpc) is 2.35. The molecule has 2 rings (SSSR count). The van der Waals surface area contributed by atoms with Gasteiger partial charge in [0.15, 0.2) is 0 Å².